The van der Waals surface area contributed by atoms with Gasteiger partial charge in [0.2, 0.25) is 0 Å². The molecule has 0 fully saturated rings. The first-order chi connectivity index (χ1) is 14.8. The Balaban J connectivity index is 1.57. The fraction of sp³-hybridized carbons (Fsp3) is 0.381. The minimum Gasteiger partial charge on any atom is -0.450 e. The van der Waals surface area contributed by atoms with E-state index in [0.717, 1.165) is 29.8 Å². The van der Waals surface area contributed by atoms with E-state index in [1.54, 1.807) is 12.1 Å². The summed E-state index contributed by atoms with van der Waals surface area (Å²) in [5.74, 6) is -1.04. The highest BCUT2D eigenvalue weighted by atomic mass is 35.5. The van der Waals surface area contributed by atoms with Crippen molar-refractivity contribution in [1.82, 2.24) is 24.9 Å². The number of ether oxygens (including phenoxy) is 1. The molecule has 10 heteroatoms. The molecule has 31 heavy (non-hydrogen) atoms. The predicted molar refractivity (Wildman–Crippen MR) is 118 cm³/mol. The van der Waals surface area contributed by atoms with Gasteiger partial charge in [0.05, 0.1) is 0 Å². The lowest BCUT2D eigenvalue weighted by molar-refractivity contribution is -0.124. The van der Waals surface area contributed by atoms with E-state index in [-0.39, 0.29) is 11.7 Å². The second kappa shape index (κ2) is 10.1. The summed E-state index contributed by atoms with van der Waals surface area (Å²) in [6.45, 7) is 5.64. The highest BCUT2D eigenvalue weighted by Gasteiger charge is 2.19. The van der Waals surface area contributed by atoms with Crippen molar-refractivity contribution in [2.45, 2.75) is 39.5 Å². The predicted octanol–water partition coefficient (Wildman–Crippen LogP) is 3.90. The molecule has 0 saturated carbocycles. The first-order valence-electron chi connectivity index (χ1n) is 9.88. The van der Waals surface area contributed by atoms with Crippen molar-refractivity contribution >= 4 is 40.9 Å². The van der Waals surface area contributed by atoms with Gasteiger partial charge in [-0.2, -0.15) is 4.98 Å². The molecule has 0 spiro atoms. The molecule has 0 aliphatic rings. The largest absolute Gasteiger partial charge is 0.450 e. The average molecular weight is 464 g/mol. The third kappa shape index (κ3) is 5.71. The number of amides is 1. The Kier molecular flexibility index (Phi) is 7.46. The van der Waals surface area contributed by atoms with Crippen LogP contribution in [0.1, 0.15) is 53.3 Å². The van der Waals surface area contributed by atoms with Gasteiger partial charge < -0.3 is 10.1 Å². The van der Waals surface area contributed by atoms with Crippen molar-refractivity contribution in [1.29, 1.82) is 0 Å². The number of benzene rings is 1. The molecule has 0 radical (unpaired) electrons. The second-order valence-corrected chi connectivity index (χ2v) is 8.06. The quantitative estimate of drug-likeness (QED) is 0.508. The Bertz CT molecular complexity index is 1120. The summed E-state index contributed by atoms with van der Waals surface area (Å²) in [6, 6.07) is 7.15. The van der Waals surface area contributed by atoms with Gasteiger partial charge in [-0.3, -0.25) is 4.79 Å². The summed E-state index contributed by atoms with van der Waals surface area (Å²) in [7, 11) is 0. The van der Waals surface area contributed by atoms with Crippen molar-refractivity contribution in [2.75, 3.05) is 13.2 Å². The molecule has 8 nitrogen and oxygen atoms in total. The van der Waals surface area contributed by atoms with Crippen molar-refractivity contribution in [3.63, 3.8) is 0 Å². The van der Waals surface area contributed by atoms with Gasteiger partial charge in [0.25, 0.3) is 17.5 Å². The van der Waals surface area contributed by atoms with Gasteiger partial charge in [0.1, 0.15) is 0 Å². The van der Waals surface area contributed by atoms with Crippen LogP contribution in [0, 0.1) is 13.8 Å². The summed E-state index contributed by atoms with van der Waals surface area (Å²) in [5, 5.41) is 8.00. The molecule has 0 saturated heterocycles. The first kappa shape index (κ1) is 23.0. The van der Waals surface area contributed by atoms with Crippen LogP contribution in [0.25, 0.3) is 5.78 Å². The van der Waals surface area contributed by atoms with Gasteiger partial charge in [0, 0.05) is 33.9 Å². The number of aromatic nitrogens is 4. The normalized spacial score (nSPS) is 12.0. The van der Waals surface area contributed by atoms with E-state index in [9.17, 15) is 9.59 Å². The third-order valence-corrected chi connectivity index (χ3v) is 5.28. The highest BCUT2D eigenvalue weighted by molar-refractivity contribution is 6.35. The second-order valence-electron chi connectivity index (χ2n) is 7.22. The minimum absolute atomic E-state index is 0.0202. The maximum absolute atomic E-state index is 12.3. The first-order valence-corrected chi connectivity index (χ1v) is 10.6. The Morgan fingerprint density at radius 1 is 1.19 bits per heavy atom. The lowest BCUT2D eigenvalue weighted by atomic mass is 9.94. The van der Waals surface area contributed by atoms with Crippen LogP contribution in [0.4, 0.5) is 0 Å². The summed E-state index contributed by atoms with van der Waals surface area (Å²) in [4.78, 5) is 32.8. The molecule has 0 aliphatic carbocycles. The van der Waals surface area contributed by atoms with Crippen LogP contribution in [0.3, 0.4) is 0 Å². The van der Waals surface area contributed by atoms with Gasteiger partial charge in [-0.15, -0.1) is 5.10 Å². The molecule has 164 valence electrons. The number of hydrogen-bond acceptors (Lipinski definition) is 6. The van der Waals surface area contributed by atoms with E-state index in [1.165, 1.54) is 4.52 Å². The molecule has 1 N–H and O–H groups in total. The number of carbonyl (C=O) groups is 2. The molecule has 2 heterocycles. The van der Waals surface area contributed by atoms with Crippen LogP contribution < -0.4 is 5.32 Å². The average Bonchev–Trinajstić information content (AvgIpc) is 3.14. The van der Waals surface area contributed by atoms with Crippen LogP contribution in [-0.2, 0) is 9.53 Å². The SMILES string of the molecule is CCCC(CNC(=O)COC(=O)c1nc2nc(C)cc(C)n2n1)c1ccc(Cl)cc1Cl. The molecule has 3 rings (SSSR count). The zero-order valence-electron chi connectivity index (χ0n) is 17.5. The van der Waals surface area contributed by atoms with Crippen molar-refractivity contribution in [3.8, 4) is 0 Å². The number of esters is 1. The number of fused-ring (bicyclic) bond motifs is 1. The van der Waals surface area contributed by atoms with E-state index >= 15 is 0 Å². The molecule has 0 aliphatic heterocycles. The Labute approximate surface area is 189 Å². The smallest absolute Gasteiger partial charge is 0.378 e. The Morgan fingerprint density at radius 2 is 1.97 bits per heavy atom. The number of nitrogens with one attached hydrogen (secondary N) is 1. The number of carbonyl (C=O) groups excluding carboxylic acids is 2. The van der Waals surface area contributed by atoms with Crippen molar-refractivity contribution in [2.24, 2.45) is 0 Å². The number of hydrogen-bond donors (Lipinski definition) is 1. The molecule has 0 bridgehead atoms. The van der Waals surface area contributed by atoms with Crippen molar-refractivity contribution in [3.05, 3.63) is 57.1 Å². The molecule has 2 aromatic heterocycles. The Morgan fingerprint density at radius 3 is 2.68 bits per heavy atom. The number of rotatable bonds is 8. The third-order valence-electron chi connectivity index (χ3n) is 4.72. The monoisotopic (exact) mass is 463 g/mol. The fourth-order valence-electron chi connectivity index (χ4n) is 3.29. The van der Waals surface area contributed by atoms with E-state index in [2.05, 4.69) is 27.3 Å². The van der Waals surface area contributed by atoms with Crippen LogP contribution in [0.5, 0.6) is 0 Å². The van der Waals surface area contributed by atoms with Gasteiger partial charge in [-0.1, -0.05) is 42.6 Å². The molecular weight excluding hydrogens is 441 g/mol. The fourth-order valence-corrected chi connectivity index (χ4v) is 3.85. The zero-order valence-corrected chi connectivity index (χ0v) is 19.0. The molecule has 1 unspecified atom stereocenters. The number of halogens is 2. The van der Waals surface area contributed by atoms with Crippen LogP contribution in [0.15, 0.2) is 24.3 Å². The molecule has 1 aromatic carbocycles. The lowest BCUT2D eigenvalue weighted by Crippen LogP contribution is -2.32. The van der Waals surface area contributed by atoms with E-state index in [4.69, 9.17) is 27.9 Å². The topological polar surface area (TPSA) is 98.5 Å². The summed E-state index contributed by atoms with van der Waals surface area (Å²) < 4.78 is 6.52. The van der Waals surface area contributed by atoms with Gasteiger partial charge in [-0.05, 0) is 44.0 Å². The van der Waals surface area contributed by atoms with Crippen LogP contribution in [-0.4, -0.2) is 44.6 Å². The van der Waals surface area contributed by atoms with E-state index in [0.29, 0.717) is 22.4 Å². The standard InChI is InChI=1S/C21H23Cl2N5O3/c1-4-5-14(16-7-6-15(22)9-17(16)23)10-24-18(29)11-31-20(30)19-26-21-25-12(2)8-13(3)28(21)27-19/h6-9,14H,4-5,10-11H2,1-3H3,(H,24,29). The number of nitrogens with zero attached hydrogens (tertiary/aromatic N) is 4. The lowest BCUT2D eigenvalue weighted by Gasteiger charge is -2.19. The molecule has 3 aromatic rings. The summed E-state index contributed by atoms with van der Waals surface area (Å²) >= 11 is 12.3. The summed E-state index contributed by atoms with van der Waals surface area (Å²) in [5.41, 5.74) is 2.46. The minimum atomic E-state index is -0.788. The summed E-state index contributed by atoms with van der Waals surface area (Å²) in [6.07, 6.45) is 1.75. The van der Waals surface area contributed by atoms with Gasteiger partial charge in [-0.25, -0.2) is 14.3 Å². The Hall–Kier alpha value is -2.71. The molecule has 1 amide bonds. The molecular formula is C21H23Cl2N5O3. The maximum Gasteiger partial charge on any atom is 0.378 e. The van der Waals surface area contributed by atoms with Gasteiger partial charge in [0.15, 0.2) is 6.61 Å². The van der Waals surface area contributed by atoms with Gasteiger partial charge >= 0.3 is 5.97 Å². The zero-order chi connectivity index (χ0) is 22.5. The van der Waals surface area contributed by atoms with E-state index in [1.807, 2.05) is 26.0 Å². The van der Waals surface area contributed by atoms with Crippen LogP contribution in [0.2, 0.25) is 10.0 Å². The number of aryl methyl sites for hydroxylation is 2. The molecule has 1 atom stereocenters. The van der Waals surface area contributed by atoms with E-state index < -0.39 is 18.5 Å². The van der Waals surface area contributed by atoms with Crippen molar-refractivity contribution < 1.29 is 14.3 Å². The maximum atomic E-state index is 12.3. The van der Waals surface area contributed by atoms with Crippen LogP contribution >= 0.6 is 23.2 Å². The highest BCUT2D eigenvalue weighted by Crippen LogP contribution is 2.30.